The summed E-state index contributed by atoms with van der Waals surface area (Å²) >= 11 is 0. The second-order valence-corrected chi connectivity index (χ2v) is 13.3. The smallest absolute Gasteiger partial charge is 0.0594 e. The van der Waals surface area contributed by atoms with E-state index in [1.165, 1.54) is 71.2 Å². The number of likely N-dealkylation sites (N-methyl/N-ethyl adjacent to an activating group) is 1. The molecule has 0 bridgehead atoms. The minimum absolute atomic E-state index is 0.0376. The summed E-state index contributed by atoms with van der Waals surface area (Å²) in [6.07, 6.45) is 11.1. The standard InChI is InChI=1S/C29H48N2O/c1-20(19-31-17-15-30(6)16-18-31)22-8-9-23-21-7-10-25-27(2,3)26(32)12-14-29(25,5)24(21)11-13-28(22,23)4/h9,20,22,25-26,32H,7-8,10-19H2,1-6H3. The highest BCUT2D eigenvalue weighted by molar-refractivity contribution is 5.49. The highest BCUT2D eigenvalue weighted by atomic mass is 16.3. The molecular formula is C29H48N2O. The van der Waals surface area contributed by atoms with Gasteiger partial charge in [0.1, 0.15) is 0 Å². The maximum atomic E-state index is 10.8. The number of hydrogen-bond donors (Lipinski definition) is 1. The second-order valence-electron chi connectivity index (χ2n) is 13.3. The number of aliphatic hydroxyl groups is 1. The normalized spacial score (nSPS) is 43.3. The summed E-state index contributed by atoms with van der Waals surface area (Å²) in [4.78, 5) is 5.19. The van der Waals surface area contributed by atoms with E-state index in [9.17, 15) is 5.11 Å². The van der Waals surface area contributed by atoms with Crippen LogP contribution in [0.15, 0.2) is 22.8 Å². The van der Waals surface area contributed by atoms with Gasteiger partial charge in [-0.2, -0.15) is 0 Å². The Balaban J connectivity index is 1.37. The Morgan fingerprint density at radius 3 is 2.44 bits per heavy atom. The van der Waals surface area contributed by atoms with Gasteiger partial charge in [-0.25, -0.2) is 0 Å². The lowest BCUT2D eigenvalue weighted by Gasteiger charge is -2.59. The molecule has 2 fully saturated rings. The molecule has 32 heavy (non-hydrogen) atoms. The van der Waals surface area contributed by atoms with Crippen LogP contribution in [0.1, 0.15) is 79.6 Å². The average molecular weight is 441 g/mol. The van der Waals surface area contributed by atoms with Gasteiger partial charge in [-0.3, -0.25) is 0 Å². The van der Waals surface area contributed by atoms with Gasteiger partial charge in [-0.15, -0.1) is 0 Å². The molecule has 6 unspecified atom stereocenters. The predicted molar refractivity (Wildman–Crippen MR) is 134 cm³/mol. The molecule has 0 aromatic rings. The van der Waals surface area contributed by atoms with Crippen molar-refractivity contribution in [2.45, 2.75) is 85.7 Å². The molecule has 3 heteroatoms. The van der Waals surface area contributed by atoms with E-state index < -0.39 is 0 Å². The van der Waals surface area contributed by atoms with E-state index in [0.29, 0.717) is 16.7 Å². The Morgan fingerprint density at radius 2 is 1.72 bits per heavy atom. The molecule has 1 heterocycles. The van der Waals surface area contributed by atoms with Gasteiger partial charge in [0.05, 0.1) is 6.10 Å². The molecule has 5 aliphatic rings. The highest BCUT2D eigenvalue weighted by Crippen LogP contribution is 2.66. The van der Waals surface area contributed by atoms with Gasteiger partial charge in [0.25, 0.3) is 0 Å². The first-order valence-electron chi connectivity index (χ1n) is 13.6. The van der Waals surface area contributed by atoms with Crippen LogP contribution in [0.25, 0.3) is 0 Å². The molecule has 1 aliphatic heterocycles. The minimum atomic E-state index is -0.137. The second kappa shape index (κ2) is 7.95. The van der Waals surface area contributed by atoms with Gasteiger partial charge in [0.2, 0.25) is 0 Å². The molecule has 5 rings (SSSR count). The third-order valence-corrected chi connectivity index (χ3v) is 11.3. The van der Waals surface area contributed by atoms with Crippen LogP contribution in [-0.4, -0.2) is 60.8 Å². The molecule has 1 N–H and O–H groups in total. The molecule has 1 saturated carbocycles. The first-order valence-corrected chi connectivity index (χ1v) is 13.6. The summed E-state index contributed by atoms with van der Waals surface area (Å²) in [5.41, 5.74) is 6.01. The van der Waals surface area contributed by atoms with E-state index in [4.69, 9.17) is 0 Å². The molecular weight excluding hydrogens is 392 g/mol. The van der Waals surface area contributed by atoms with Crippen LogP contribution < -0.4 is 0 Å². The molecule has 3 nitrogen and oxygen atoms in total. The molecule has 180 valence electrons. The lowest BCUT2D eigenvalue weighted by molar-refractivity contribution is -0.0905. The Bertz CT molecular complexity index is 804. The minimum Gasteiger partial charge on any atom is -0.393 e. The number of hydrogen-bond acceptors (Lipinski definition) is 3. The molecule has 4 aliphatic carbocycles. The lowest BCUT2D eigenvalue weighted by atomic mass is 9.46. The highest BCUT2D eigenvalue weighted by Gasteiger charge is 2.57. The van der Waals surface area contributed by atoms with E-state index in [1.54, 1.807) is 16.7 Å². The SMILES string of the molecule is CC(CN1CCN(C)CC1)C1CC=C2C3=C(CCC21C)C1(C)CCC(O)C(C)(C)C1CC3. The van der Waals surface area contributed by atoms with E-state index in [2.05, 4.69) is 57.5 Å². The third-order valence-electron chi connectivity index (χ3n) is 11.3. The van der Waals surface area contributed by atoms with Gasteiger partial charge in [-0.1, -0.05) is 46.3 Å². The molecule has 0 spiro atoms. The third kappa shape index (κ3) is 3.40. The van der Waals surface area contributed by atoms with Crippen LogP contribution >= 0.6 is 0 Å². The van der Waals surface area contributed by atoms with Crippen LogP contribution in [0.5, 0.6) is 0 Å². The summed E-state index contributed by atoms with van der Waals surface area (Å²) in [5.74, 6) is 2.17. The molecule has 0 aromatic heterocycles. The number of fused-ring (bicyclic) bond motifs is 4. The zero-order chi connectivity index (χ0) is 22.9. The van der Waals surface area contributed by atoms with Gasteiger partial charge in [0.15, 0.2) is 0 Å². The fourth-order valence-corrected chi connectivity index (χ4v) is 9.14. The van der Waals surface area contributed by atoms with Crippen molar-refractivity contribution in [3.8, 4) is 0 Å². The summed E-state index contributed by atoms with van der Waals surface area (Å²) < 4.78 is 0. The van der Waals surface area contributed by atoms with Crippen molar-refractivity contribution < 1.29 is 5.11 Å². The van der Waals surface area contributed by atoms with Crippen molar-refractivity contribution in [3.63, 3.8) is 0 Å². The molecule has 0 amide bonds. The van der Waals surface area contributed by atoms with Gasteiger partial charge < -0.3 is 14.9 Å². The van der Waals surface area contributed by atoms with Gasteiger partial charge >= 0.3 is 0 Å². The lowest BCUT2D eigenvalue weighted by Crippen LogP contribution is -2.53. The number of allylic oxidation sites excluding steroid dienone is 4. The van der Waals surface area contributed by atoms with Crippen LogP contribution in [0.4, 0.5) is 0 Å². The number of nitrogens with zero attached hydrogens (tertiary/aromatic N) is 2. The fraction of sp³-hybridized carbons (Fsp3) is 0.862. The van der Waals surface area contributed by atoms with Crippen molar-refractivity contribution in [3.05, 3.63) is 22.8 Å². The van der Waals surface area contributed by atoms with Crippen LogP contribution in [0.2, 0.25) is 0 Å². The van der Waals surface area contributed by atoms with Crippen molar-refractivity contribution >= 4 is 0 Å². The first-order chi connectivity index (χ1) is 15.1. The van der Waals surface area contributed by atoms with Crippen molar-refractivity contribution in [1.29, 1.82) is 0 Å². The van der Waals surface area contributed by atoms with Crippen molar-refractivity contribution in [2.75, 3.05) is 39.8 Å². The number of piperazine rings is 1. The summed E-state index contributed by atoms with van der Waals surface area (Å²) in [6, 6.07) is 0. The summed E-state index contributed by atoms with van der Waals surface area (Å²) in [5, 5.41) is 10.8. The van der Waals surface area contributed by atoms with Crippen LogP contribution in [0, 0.1) is 34.0 Å². The Hall–Kier alpha value is -0.640. The fourth-order valence-electron chi connectivity index (χ4n) is 9.14. The van der Waals surface area contributed by atoms with E-state index in [0.717, 1.165) is 18.3 Å². The molecule has 1 saturated heterocycles. The van der Waals surface area contributed by atoms with Gasteiger partial charge in [-0.05, 0) is 97.1 Å². The summed E-state index contributed by atoms with van der Waals surface area (Å²) in [7, 11) is 2.26. The largest absolute Gasteiger partial charge is 0.393 e. The zero-order valence-electron chi connectivity index (χ0n) is 21.7. The van der Waals surface area contributed by atoms with Crippen LogP contribution in [-0.2, 0) is 0 Å². The Labute approximate surface area is 197 Å². The molecule has 0 radical (unpaired) electrons. The molecule has 6 atom stereocenters. The van der Waals surface area contributed by atoms with Crippen molar-refractivity contribution in [2.24, 2.45) is 34.0 Å². The maximum absolute atomic E-state index is 10.8. The monoisotopic (exact) mass is 440 g/mol. The summed E-state index contributed by atoms with van der Waals surface area (Å²) in [6.45, 7) is 18.6. The predicted octanol–water partition coefficient (Wildman–Crippen LogP) is 5.51. The zero-order valence-corrected chi connectivity index (χ0v) is 21.7. The number of aliphatic hydroxyl groups excluding tert-OH is 1. The topological polar surface area (TPSA) is 26.7 Å². The van der Waals surface area contributed by atoms with Crippen molar-refractivity contribution in [1.82, 2.24) is 9.80 Å². The Kier molecular flexibility index (Phi) is 5.75. The van der Waals surface area contributed by atoms with Gasteiger partial charge in [0, 0.05) is 32.7 Å². The first kappa shape index (κ1) is 23.1. The maximum Gasteiger partial charge on any atom is 0.0594 e. The molecule has 0 aromatic carbocycles. The average Bonchev–Trinajstić information content (AvgIpc) is 3.10. The van der Waals surface area contributed by atoms with E-state index in [1.807, 2.05) is 0 Å². The van der Waals surface area contributed by atoms with Crippen LogP contribution in [0.3, 0.4) is 0 Å². The van der Waals surface area contributed by atoms with E-state index >= 15 is 0 Å². The quantitative estimate of drug-likeness (QED) is 0.627. The Morgan fingerprint density at radius 1 is 1.00 bits per heavy atom. The van der Waals surface area contributed by atoms with E-state index in [-0.39, 0.29) is 11.5 Å². The number of rotatable bonds is 3.